The summed E-state index contributed by atoms with van der Waals surface area (Å²) in [6, 6.07) is 13.2. The van der Waals surface area contributed by atoms with Gasteiger partial charge in [-0.1, -0.05) is 24.3 Å². The van der Waals surface area contributed by atoms with E-state index in [1.165, 1.54) is 18.2 Å². The zero-order valence-electron chi connectivity index (χ0n) is 8.18. The summed E-state index contributed by atoms with van der Waals surface area (Å²) in [5.74, 6) is -0.416. The van der Waals surface area contributed by atoms with Gasteiger partial charge >= 0.3 is 0 Å². The molecule has 0 saturated heterocycles. The second kappa shape index (κ2) is 4.45. The lowest BCUT2D eigenvalue weighted by molar-refractivity contribution is 0.614. The van der Waals surface area contributed by atoms with Crippen molar-refractivity contribution in [2.24, 2.45) is 0 Å². The average molecular weight is 235 g/mol. The zero-order chi connectivity index (χ0) is 11.5. The molecule has 0 aliphatic rings. The highest BCUT2D eigenvalue weighted by molar-refractivity contribution is 7.72. The van der Waals surface area contributed by atoms with E-state index in [1.807, 2.05) is 0 Å². The van der Waals surface area contributed by atoms with Crippen LogP contribution in [0.25, 0.3) is 11.1 Å². The summed E-state index contributed by atoms with van der Waals surface area (Å²) in [4.78, 5) is 0.180. The van der Waals surface area contributed by atoms with E-state index in [9.17, 15) is 12.8 Å². The highest BCUT2D eigenvalue weighted by Crippen LogP contribution is 2.23. The lowest BCUT2D eigenvalue weighted by Gasteiger charge is -2.03. The quantitative estimate of drug-likeness (QED) is 0.810. The van der Waals surface area contributed by atoms with Crippen LogP contribution in [0.5, 0.6) is 0 Å². The Labute approximate surface area is 94.3 Å². The third-order valence-corrected chi connectivity index (χ3v) is 2.88. The van der Waals surface area contributed by atoms with E-state index >= 15 is 0 Å². The monoisotopic (exact) mass is 235 g/mol. The van der Waals surface area contributed by atoms with Crippen molar-refractivity contribution in [1.82, 2.24) is 0 Å². The highest BCUT2D eigenvalue weighted by atomic mass is 32.2. The molecule has 2 aromatic carbocycles. The van der Waals surface area contributed by atoms with E-state index < -0.39 is 16.5 Å². The molecule has 0 aromatic heterocycles. The lowest BCUT2D eigenvalue weighted by atomic mass is 10.1. The van der Waals surface area contributed by atoms with Crippen molar-refractivity contribution in [1.29, 1.82) is 0 Å². The first-order valence-corrected chi connectivity index (χ1v) is 5.76. The van der Waals surface area contributed by atoms with E-state index in [-0.39, 0.29) is 4.90 Å². The number of rotatable bonds is 2. The summed E-state index contributed by atoms with van der Waals surface area (Å²) in [6.45, 7) is 0. The van der Waals surface area contributed by atoms with Crippen LogP contribution in [0.3, 0.4) is 0 Å². The highest BCUT2D eigenvalue weighted by Gasteiger charge is 2.05. The smallest absolute Gasteiger partial charge is 0.168 e. The van der Waals surface area contributed by atoms with Crippen LogP contribution in [0.2, 0.25) is 0 Å². The van der Waals surface area contributed by atoms with Gasteiger partial charge in [0.25, 0.3) is 0 Å². The molecule has 1 radical (unpaired) electrons. The van der Waals surface area contributed by atoms with Gasteiger partial charge in [-0.05, 0) is 29.8 Å². The Morgan fingerprint density at radius 2 is 2.00 bits per heavy atom. The maximum atomic E-state index is 13.4. The Kier molecular flexibility index (Phi) is 3.01. The van der Waals surface area contributed by atoms with Gasteiger partial charge in [0.1, 0.15) is 5.82 Å². The first-order valence-electron chi connectivity index (χ1n) is 4.59. The normalized spacial score (nSPS) is 10.6. The average Bonchev–Trinajstić information content (AvgIpc) is 2.30. The predicted octanol–water partition coefficient (Wildman–Crippen LogP) is 2.26. The molecule has 0 aliphatic heterocycles. The third kappa shape index (κ3) is 2.12. The first-order chi connectivity index (χ1) is 7.68. The summed E-state index contributed by atoms with van der Waals surface area (Å²) < 4.78 is 35.0. The minimum atomic E-state index is -2.64. The Bertz CT molecular complexity index is 583. The summed E-state index contributed by atoms with van der Waals surface area (Å²) in [7, 11) is -2.64. The van der Waals surface area contributed by atoms with Crippen molar-refractivity contribution in [3.05, 3.63) is 54.3 Å². The number of hydrogen-bond acceptors (Lipinski definition) is 2. The zero-order valence-corrected chi connectivity index (χ0v) is 9.08. The molecule has 4 heteroatoms. The van der Waals surface area contributed by atoms with Gasteiger partial charge in [-0.2, -0.15) is 0 Å². The van der Waals surface area contributed by atoms with Crippen LogP contribution in [-0.4, -0.2) is 8.42 Å². The predicted molar refractivity (Wildman–Crippen MR) is 59.3 cm³/mol. The van der Waals surface area contributed by atoms with E-state index in [0.29, 0.717) is 11.1 Å². The molecule has 0 fully saturated rings. The van der Waals surface area contributed by atoms with Crippen LogP contribution in [0.15, 0.2) is 47.4 Å². The van der Waals surface area contributed by atoms with Gasteiger partial charge in [-0.15, -0.1) is 0 Å². The number of hydrogen-bond donors (Lipinski definition) is 1. The second-order valence-corrected chi connectivity index (χ2v) is 4.24. The third-order valence-electron chi connectivity index (χ3n) is 2.18. The van der Waals surface area contributed by atoms with Gasteiger partial charge in [0.15, 0.2) is 10.7 Å². The number of benzene rings is 2. The first kappa shape index (κ1) is 10.8. The molecule has 0 aliphatic carbocycles. The molecule has 0 heterocycles. The van der Waals surface area contributed by atoms with Crippen molar-refractivity contribution < 1.29 is 12.8 Å². The van der Waals surface area contributed by atoms with Gasteiger partial charge < -0.3 is 0 Å². The number of halogens is 1. The van der Waals surface area contributed by atoms with Crippen molar-refractivity contribution in [2.45, 2.75) is 4.90 Å². The molecule has 81 valence electrons. The van der Waals surface area contributed by atoms with Crippen LogP contribution in [0.4, 0.5) is 4.39 Å². The molecule has 0 amide bonds. The van der Waals surface area contributed by atoms with Gasteiger partial charge in [-0.3, -0.25) is 0 Å². The van der Waals surface area contributed by atoms with Gasteiger partial charge in [0, 0.05) is 5.56 Å². The van der Waals surface area contributed by atoms with E-state index in [4.69, 9.17) is 0 Å². The molecule has 0 N–H and O–H groups in total. The number of thiol groups is 1. The fourth-order valence-corrected chi connectivity index (χ4v) is 1.88. The Balaban J connectivity index is 2.57. The van der Waals surface area contributed by atoms with E-state index in [2.05, 4.69) is 6.07 Å². The molecule has 2 rings (SSSR count). The Morgan fingerprint density at radius 1 is 1.19 bits per heavy atom. The topological polar surface area (TPSA) is 34.1 Å². The molecule has 16 heavy (non-hydrogen) atoms. The van der Waals surface area contributed by atoms with Gasteiger partial charge in [0.05, 0.1) is 4.90 Å². The van der Waals surface area contributed by atoms with Crippen molar-refractivity contribution in [3.63, 3.8) is 0 Å². The summed E-state index contributed by atoms with van der Waals surface area (Å²) in [5.41, 5.74) is 0.917. The second-order valence-electron chi connectivity index (χ2n) is 3.21. The van der Waals surface area contributed by atoms with Crippen LogP contribution in [0, 0.1) is 11.9 Å². The van der Waals surface area contributed by atoms with Crippen LogP contribution in [0.1, 0.15) is 0 Å². The summed E-state index contributed by atoms with van der Waals surface area (Å²) in [5, 5.41) is 0. The Morgan fingerprint density at radius 3 is 2.69 bits per heavy atom. The van der Waals surface area contributed by atoms with Crippen molar-refractivity contribution in [3.8, 4) is 11.1 Å². The van der Waals surface area contributed by atoms with Crippen LogP contribution in [-0.2, 0) is 10.7 Å². The lowest BCUT2D eigenvalue weighted by Crippen LogP contribution is -1.86. The molecule has 0 unspecified atom stereocenters. The van der Waals surface area contributed by atoms with Crippen LogP contribution >= 0.6 is 0 Å². The fraction of sp³-hybridized carbons (Fsp3) is 0. The van der Waals surface area contributed by atoms with E-state index in [0.717, 1.165) is 0 Å². The van der Waals surface area contributed by atoms with Gasteiger partial charge in [-0.25, -0.2) is 12.8 Å². The standard InChI is InChI=1S/C12H8FO2S/c13-12-7-2-1-6-11(12)9-4-3-5-10(8-9)16(14)15/h1,3-8,16H. The molecule has 0 bridgehead atoms. The van der Waals surface area contributed by atoms with E-state index in [1.54, 1.807) is 24.3 Å². The van der Waals surface area contributed by atoms with Crippen molar-refractivity contribution in [2.75, 3.05) is 0 Å². The molecule has 0 spiro atoms. The molecule has 0 saturated carbocycles. The summed E-state index contributed by atoms with van der Waals surface area (Å²) >= 11 is 0. The SMILES string of the molecule is O=[SH](=O)c1cccc(-c2cc[c]cc2F)c1. The maximum absolute atomic E-state index is 13.4. The molecule has 0 atom stereocenters. The Hall–Kier alpha value is -1.68. The minimum absolute atomic E-state index is 0.180. The fourth-order valence-electron chi connectivity index (χ4n) is 1.43. The molecule has 2 aromatic rings. The molecular formula is C12H8FO2S. The molecule has 2 nitrogen and oxygen atoms in total. The van der Waals surface area contributed by atoms with Crippen LogP contribution < -0.4 is 0 Å². The largest absolute Gasteiger partial charge is 0.227 e. The van der Waals surface area contributed by atoms with Gasteiger partial charge in [0.2, 0.25) is 0 Å². The summed E-state index contributed by atoms with van der Waals surface area (Å²) in [6.07, 6.45) is 0. The van der Waals surface area contributed by atoms with Crippen molar-refractivity contribution >= 4 is 10.7 Å². The minimum Gasteiger partial charge on any atom is -0.227 e. The molecular weight excluding hydrogens is 227 g/mol. The maximum Gasteiger partial charge on any atom is 0.168 e.